The van der Waals surface area contributed by atoms with Crippen LogP contribution in [-0.2, 0) is 6.54 Å². The molecule has 0 atom stereocenters. The molecule has 0 aliphatic heterocycles. The number of anilines is 2. The van der Waals surface area contributed by atoms with Crippen molar-refractivity contribution in [3.05, 3.63) is 34.7 Å². The molecule has 0 spiro atoms. The summed E-state index contributed by atoms with van der Waals surface area (Å²) in [5.74, 6) is 0.383. The van der Waals surface area contributed by atoms with E-state index in [1.165, 1.54) is 0 Å². The van der Waals surface area contributed by atoms with Gasteiger partial charge in [-0.3, -0.25) is 4.79 Å². The van der Waals surface area contributed by atoms with E-state index in [4.69, 9.17) is 11.6 Å². The van der Waals surface area contributed by atoms with Gasteiger partial charge in [0.1, 0.15) is 5.69 Å². The number of hydrogen-bond donors (Lipinski definition) is 1. The molecule has 1 amide bonds. The largest absolute Gasteiger partial charge is 0.360 e. The number of nitrogens with zero attached hydrogens (tertiary/aromatic N) is 4. The maximum atomic E-state index is 12.4. The maximum absolute atomic E-state index is 12.4. The summed E-state index contributed by atoms with van der Waals surface area (Å²) >= 11 is 5.97. The van der Waals surface area contributed by atoms with Crippen LogP contribution < -0.4 is 10.2 Å². The van der Waals surface area contributed by atoms with E-state index in [-0.39, 0.29) is 5.91 Å². The molecule has 0 bridgehead atoms. The zero-order valence-electron chi connectivity index (χ0n) is 12.5. The Balaban J connectivity index is 2.33. The van der Waals surface area contributed by atoms with Gasteiger partial charge in [0.15, 0.2) is 5.82 Å². The van der Waals surface area contributed by atoms with E-state index < -0.39 is 0 Å². The second-order valence-electron chi connectivity index (χ2n) is 4.90. The third-order valence-corrected chi connectivity index (χ3v) is 3.21. The second-order valence-corrected chi connectivity index (χ2v) is 5.34. The van der Waals surface area contributed by atoms with E-state index in [2.05, 4.69) is 15.5 Å². The highest BCUT2D eigenvalue weighted by atomic mass is 35.5. The minimum absolute atomic E-state index is 0.223. The van der Waals surface area contributed by atoms with Crippen LogP contribution in [0.25, 0.3) is 0 Å². The number of halogens is 1. The van der Waals surface area contributed by atoms with Crippen LogP contribution in [0.1, 0.15) is 23.1 Å². The van der Waals surface area contributed by atoms with E-state index in [1.807, 2.05) is 27.9 Å². The molecule has 0 fully saturated rings. The molecule has 1 N–H and O–H groups in total. The summed E-state index contributed by atoms with van der Waals surface area (Å²) in [6, 6.07) is 3.44. The van der Waals surface area contributed by atoms with Gasteiger partial charge in [0.05, 0.1) is 16.4 Å². The summed E-state index contributed by atoms with van der Waals surface area (Å²) in [7, 11) is 3.70. The summed E-state index contributed by atoms with van der Waals surface area (Å²) in [5.41, 5.74) is 1.87. The van der Waals surface area contributed by atoms with Crippen LogP contribution in [0.15, 0.2) is 18.3 Å². The van der Waals surface area contributed by atoms with Crippen molar-refractivity contribution in [1.82, 2.24) is 14.8 Å². The van der Waals surface area contributed by atoms with E-state index >= 15 is 0 Å². The smallest absolute Gasteiger partial charge is 0.272 e. The zero-order chi connectivity index (χ0) is 15.6. The van der Waals surface area contributed by atoms with Gasteiger partial charge in [-0.15, -0.1) is 5.10 Å². The number of amides is 1. The third-order valence-electron chi connectivity index (χ3n) is 3.00. The van der Waals surface area contributed by atoms with Gasteiger partial charge in [0.25, 0.3) is 5.91 Å². The Labute approximate surface area is 128 Å². The van der Waals surface area contributed by atoms with Gasteiger partial charge >= 0.3 is 0 Å². The Morgan fingerprint density at radius 1 is 1.38 bits per heavy atom. The lowest BCUT2D eigenvalue weighted by atomic mass is 10.3. The third kappa shape index (κ3) is 3.33. The first-order chi connectivity index (χ1) is 9.92. The second kappa shape index (κ2) is 6.13. The molecule has 0 aromatic carbocycles. The van der Waals surface area contributed by atoms with Crippen molar-refractivity contribution in [2.75, 3.05) is 24.3 Å². The van der Waals surface area contributed by atoms with Gasteiger partial charge in [0, 0.05) is 26.8 Å². The number of aryl methyl sites for hydroxylation is 2. The van der Waals surface area contributed by atoms with Crippen molar-refractivity contribution in [3.8, 4) is 0 Å². The molecule has 2 heterocycles. The van der Waals surface area contributed by atoms with Crippen molar-refractivity contribution in [2.24, 2.45) is 0 Å². The van der Waals surface area contributed by atoms with Crippen LogP contribution in [0.2, 0.25) is 5.02 Å². The highest BCUT2D eigenvalue weighted by Crippen LogP contribution is 2.23. The molecule has 0 radical (unpaired) electrons. The van der Waals surface area contributed by atoms with Gasteiger partial charge < -0.3 is 14.8 Å². The van der Waals surface area contributed by atoms with Gasteiger partial charge in [-0.25, -0.2) is 0 Å². The van der Waals surface area contributed by atoms with Crippen molar-refractivity contribution < 1.29 is 4.79 Å². The summed E-state index contributed by atoms with van der Waals surface area (Å²) in [6.45, 7) is 4.45. The Morgan fingerprint density at radius 2 is 2.10 bits per heavy atom. The predicted molar refractivity (Wildman–Crippen MR) is 84.2 cm³/mol. The molecular formula is C14H18ClN5O. The number of carbonyl (C=O) groups excluding carboxylic acids is 1. The topological polar surface area (TPSA) is 63.1 Å². The first-order valence-corrected chi connectivity index (χ1v) is 6.98. The summed E-state index contributed by atoms with van der Waals surface area (Å²) in [6.07, 6.45) is 1.74. The standard InChI is InChI=1S/C14H18ClN5O/c1-5-20-8-10(15)7-12(20)14(21)16-11-6-9(2)17-18-13(11)19(3)4/h6-8H,5H2,1-4H3,(H,16,17,21). The summed E-state index contributed by atoms with van der Waals surface area (Å²) < 4.78 is 1.80. The molecule has 2 rings (SSSR count). The average molecular weight is 308 g/mol. The highest BCUT2D eigenvalue weighted by molar-refractivity contribution is 6.31. The molecule has 0 aliphatic carbocycles. The Bertz CT molecular complexity index is 665. The number of hydrogen-bond acceptors (Lipinski definition) is 4. The Hall–Kier alpha value is -2.08. The molecular weight excluding hydrogens is 290 g/mol. The summed E-state index contributed by atoms with van der Waals surface area (Å²) in [5, 5.41) is 11.5. The molecule has 0 saturated carbocycles. The first kappa shape index (κ1) is 15.3. The van der Waals surface area contributed by atoms with Crippen LogP contribution in [-0.4, -0.2) is 34.8 Å². The van der Waals surface area contributed by atoms with Gasteiger partial charge in [-0.05, 0) is 26.0 Å². The molecule has 2 aromatic heterocycles. The van der Waals surface area contributed by atoms with Crippen molar-refractivity contribution >= 4 is 29.0 Å². The van der Waals surface area contributed by atoms with E-state index in [1.54, 1.807) is 27.8 Å². The molecule has 6 nitrogen and oxygen atoms in total. The van der Waals surface area contributed by atoms with E-state index in [9.17, 15) is 4.79 Å². The van der Waals surface area contributed by atoms with Gasteiger partial charge in [0.2, 0.25) is 0 Å². The fraction of sp³-hybridized carbons (Fsp3) is 0.357. The normalized spacial score (nSPS) is 10.5. The summed E-state index contributed by atoms with van der Waals surface area (Å²) in [4.78, 5) is 14.2. The monoisotopic (exact) mass is 307 g/mol. The predicted octanol–water partition coefficient (Wildman–Crippen LogP) is 2.58. The minimum Gasteiger partial charge on any atom is -0.360 e. The number of aromatic nitrogens is 3. The van der Waals surface area contributed by atoms with Crippen LogP contribution in [0.3, 0.4) is 0 Å². The fourth-order valence-corrected chi connectivity index (χ4v) is 2.24. The number of nitrogens with one attached hydrogen (secondary N) is 1. The SMILES string of the molecule is CCn1cc(Cl)cc1C(=O)Nc1cc(C)nnc1N(C)C. The van der Waals surface area contributed by atoms with Crippen LogP contribution in [0.4, 0.5) is 11.5 Å². The van der Waals surface area contributed by atoms with Crippen LogP contribution in [0.5, 0.6) is 0 Å². The molecule has 0 aliphatic rings. The van der Waals surface area contributed by atoms with Crippen molar-refractivity contribution in [3.63, 3.8) is 0 Å². The number of carbonyl (C=O) groups is 1. The molecule has 0 unspecified atom stereocenters. The minimum atomic E-state index is -0.223. The van der Waals surface area contributed by atoms with E-state index in [0.717, 1.165) is 5.69 Å². The molecule has 2 aromatic rings. The first-order valence-electron chi connectivity index (χ1n) is 6.61. The van der Waals surface area contributed by atoms with Crippen molar-refractivity contribution in [1.29, 1.82) is 0 Å². The Kier molecular flexibility index (Phi) is 4.47. The highest BCUT2D eigenvalue weighted by Gasteiger charge is 2.16. The quantitative estimate of drug-likeness (QED) is 0.943. The van der Waals surface area contributed by atoms with Gasteiger partial charge in [-0.2, -0.15) is 5.10 Å². The average Bonchev–Trinajstić information content (AvgIpc) is 2.79. The zero-order valence-corrected chi connectivity index (χ0v) is 13.3. The maximum Gasteiger partial charge on any atom is 0.272 e. The lowest BCUT2D eigenvalue weighted by molar-refractivity contribution is 0.101. The van der Waals surface area contributed by atoms with Crippen LogP contribution >= 0.6 is 11.6 Å². The van der Waals surface area contributed by atoms with Crippen molar-refractivity contribution in [2.45, 2.75) is 20.4 Å². The lowest BCUT2D eigenvalue weighted by Crippen LogP contribution is -2.20. The van der Waals surface area contributed by atoms with Crippen LogP contribution in [0, 0.1) is 6.92 Å². The van der Waals surface area contributed by atoms with Gasteiger partial charge in [-0.1, -0.05) is 11.6 Å². The van der Waals surface area contributed by atoms with E-state index in [0.29, 0.717) is 28.8 Å². The molecule has 21 heavy (non-hydrogen) atoms. The number of rotatable bonds is 4. The Morgan fingerprint density at radius 3 is 2.71 bits per heavy atom. The lowest BCUT2D eigenvalue weighted by Gasteiger charge is -2.16. The fourth-order valence-electron chi connectivity index (χ4n) is 2.02. The molecule has 112 valence electrons. The molecule has 7 heteroatoms. The molecule has 0 saturated heterocycles.